The zero-order chi connectivity index (χ0) is 15.3. The molecule has 1 rings (SSSR count). The molecule has 0 amide bonds. The lowest BCUT2D eigenvalue weighted by molar-refractivity contribution is -0.137. The second-order valence-corrected chi connectivity index (χ2v) is 4.84. The second kappa shape index (κ2) is 6.97. The predicted molar refractivity (Wildman–Crippen MR) is 74.1 cm³/mol. The number of rotatable bonds is 5. The van der Waals surface area contributed by atoms with Gasteiger partial charge in [0.1, 0.15) is 6.10 Å². The Labute approximate surface area is 121 Å². The molecule has 1 aromatic carbocycles. The van der Waals surface area contributed by atoms with Crippen molar-refractivity contribution in [2.75, 3.05) is 0 Å². The summed E-state index contributed by atoms with van der Waals surface area (Å²) in [6.45, 7) is 5.34. The van der Waals surface area contributed by atoms with Gasteiger partial charge in [-0.2, -0.15) is 13.2 Å². The van der Waals surface area contributed by atoms with Crippen LogP contribution in [0.15, 0.2) is 23.4 Å². The average Bonchev–Trinajstić information content (AvgIpc) is 2.38. The van der Waals surface area contributed by atoms with E-state index in [0.717, 1.165) is 18.9 Å². The average molecular weight is 308 g/mol. The van der Waals surface area contributed by atoms with Gasteiger partial charge < -0.3 is 4.84 Å². The van der Waals surface area contributed by atoms with E-state index in [0.29, 0.717) is 0 Å². The van der Waals surface area contributed by atoms with Crippen LogP contribution in [-0.4, -0.2) is 11.8 Å². The molecule has 0 aromatic heterocycles. The fourth-order valence-electron chi connectivity index (χ4n) is 1.70. The summed E-state index contributed by atoms with van der Waals surface area (Å²) in [6.07, 6.45) is -3.06. The number of oxime groups is 1. The Kier molecular flexibility index (Phi) is 5.87. The molecule has 112 valence electrons. The molecule has 20 heavy (non-hydrogen) atoms. The van der Waals surface area contributed by atoms with Gasteiger partial charge in [0.2, 0.25) is 0 Å². The number of hydrogen-bond acceptors (Lipinski definition) is 2. The Morgan fingerprint density at radius 2 is 1.90 bits per heavy atom. The Morgan fingerprint density at radius 3 is 2.40 bits per heavy atom. The zero-order valence-electron chi connectivity index (χ0n) is 11.6. The Hall–Kier alpha value is -1.23. The van der Waals surface area contributed by atoms with Crippen LogP contribution in [0.25, 0.3) is 0 Å². The number of nitrogens with zero attached hydrogens (tertiary/aromatic N) is 1. The third-order valence-corrected chi connectivity index (χ3v) is 3.16. The van der Waals surface area contributed by atoms with Crippen molar-refractivity contribution in [1.82, 2.24) is 0 Å². The van der Waals surface area contributed by atoms with Crippen LogP contribution >= 0.6 is 11.6 Å². The minimum Gasteiger partial charge on any atom is -0.392 e. The van der Waals surface area contributed by atoms with Gasteiger partial charge in [0.25, 0.3) is 0 Å². The van der Waals surface area contributed by atoms with Crippen molar-refractivity contribution < 1.29 is 18.0 Å². The van der Waals surface area contributed by atoms with E-state index < -0.39 is 11.7 Å². The molecular formula is C14H17ClF3NO. The first-order chi connectivity index (χ1) is 9.29. The lowest BCUT2D eigenvalue weighted by atomic mass is 10.0. The smallest absolute Gasteiger partial charge is 0.392 e. The number of benzene rings is 1. The molecule has 0 aliphatic heterocycles. The van der Waals surface area contributed by atoms with Gasteiger partial charge in [0.15, 0.2) is 0 Å². The Bertz CT molecular complexity index is 482. The van der Waals surface area contributed by atoms with Crippen LogP contribution < -0.4 is 0 Å². The maximum Gasteiger partial charge on any atom is 0.417 e. The lowest BCUT2D eigenvalue weighted by Crippen LogP contribution is -2.13. The topological polar surface area (TPSA) is 21.6 Å². The number of halogens is 4. The molecule has 0 radical (unpaired) electrons. The van der Waals surface area contributed by atoms with Crippen molar-refractivity contribution in [3.05, 3.63) is 34.3 Å². The molecule has 0 N–H and O–H groups in total. The molecule has 0 spiro atoms. The zero-order valence-corrected chi connectivity index (χ0v) is 12.3. The summed E-state index contributed by atoms with van der Waals surface area (Å²) < 4.78 is 38.8. The van der Waals surface area contributed by atoms with E-state index in [9.17, 15) is 13.2 Å². The highest BCUT2D eigenvalue weighted by atomic mass is 35.5. The van der Waals surface area contributed by atoms with E-state index >= 15 is 0 Å². The van der Waals surface area contributed by atoms with Gasteiger partial charge in [-0.1, -0.05) is 30.6 Å². The first kappa shape index (κ1) is 16.8. The fourth-order valence-corrected chi connectivity index (χ4v) is 1.88. The summed E-state index contributed by atoms with van der Waals surface area (Å²) in [4.78, 5) is 5.24. The molecule has 6 heteroatoms. The molecule has 1 aromatic rings. The normalized spacial score (nSPS) is 12.9. The third kappa shape index (κ3) is 4.40. The van der Waals surface area contributed by atoms with Crippen LogP contribution in [0.5, 0.6) is 0 Å². The van der Waals surface area contributed by atoms with Crippen molar-refractivity contribution in [2.45, 2.75) is 45.9 Å². The summed E-state index contributed by atoms with van der Waals surface area (Å²) in [5, 5.41) is 4.04. The van der Waals surface area contributed by atoms with Crippen LogP contribution in [-0.2, 0) is 11.0 Å². The van der Waals surface area contributed by atoms with E-state index in [2.05, 4.69) is 5.16 Å². The van der Waals surface area contributed by atoms with E-state index in [1.54, 1.807) is 0 Å². The highest BCUT2D eigenvalue weighted by Gasteiger charge is 2.34. The van der Waals surface area contributed by atoms with Crippen LogP contribution in [0, 0.1) is 0 Å². The molecule has 0 aliphatic rings. The van der Waals surface area contributed by atoms with Crippen LogP contribution in [0.3, 0.4) is 0 Å². The summed E-state index contributed by atoms with van der Waals surface area (Å²) in [5.41, 5.74) is -0.668. The Morgan fingerprint density at radius 1 is 1.30 bits per heavy atom. The van der Waals surface area contributed by atoms with E-state index in [1.165, 1.54) is 19.1 Å². The summed E-state index contributed by atoms with van der Waals surface area (Å²) in [5.74, 6) is 0. The van der Waals surface area contributed by atoms with Crippen molar-refractivity contribution in [3.63, 3.8) is 0 Å². The minimum absolute atomic E-state index is 0.0593. The standard InChI is InChI=1S/C14H17ClF3NO/c1-4-11(5-2)20-19-9(3)12-8-10(15)6-7-13(12)14(16,17)18/h6-8,11H,4-5H2,1-3H3/b19-9+. The van der Waals surface area contributed by atoms with Gasteiger partial charge in [-0.25, -0.2) is 0 Å². The van der Waals surface area contributed by atoms with Crippen molar-refractivity contribution in [2.24, 2.45) is 5.16 Å². The molecule has 0 bridgehead atoms. The molecule has 0 unspecified atom stereocenters. The SMILES string of the molecule is CCC(CC)O/N=C(\C)c1cc(Cl)ccc1C(F)(F)F. The molecule has 0 aliphatic carbocycles. The van der Waals surface area contributed by atoms with Crippen molar-refractivity contribution in [1.29, 1.82) is 0 Å². The first-order valence-electron chi connectivity index (χ1n) is 6.37. The van der Waals surface area contributed by atoms with Crippen LogP contribution in [0.4, 0.5) is 13.2 Å². The summed E-state index contributed by atoms with van der Waals surface area (Å²) in [6, 6.07) is 3.41. The molecular weight excluding hydrogens is 291 g/mol. The van der Waals surface area contributed by atoms with E-state index in [1.807, 2.05) is 13.8 Å². The van der Waals surface area contributed by atoms with Gasteiger partial charge in [-0.05, 0) is 38.0 Å². The van der Waals surface area contributed by atoms with Crippen molar-refractivity contribution >= 4 is 17.3 Å². The van der Waals surface area contributed by atoms with Gasteiger partial charge in [-0.3, -0.25) is 0 Å². The highest BCUT2D eigenvalue weighted by Crippen LogP contribution is 2.33. The van der Waals surface area contributed by atoms with E-state index in [-0.39, 0.29) is 22.4 Å². The largest absolute Gasteiger partial charge is 0.417 e. The lowest BCUT2D eigenvalue weighted by Gasteiger charge is -2.14. The molecule has 0 saturated heterocycles. The monoisotopic (exact) mass is 307 g/mol. The van der Waals surface area contributed by atoms with Gasteiger partial charge in [0, 0.05) is 10.6 Å². The van der Waals surface area contributed by atoms with E-state index in [4.69, 9.17) is 16.4 Å². The predicted octanol–water partition coefficient (Wildman–Crippen LogP) is 5.29. The molecule has 0 fully saturated rings. The number of hydrogen-bond donors (Lipinski definition) is 0. The maximum atomic E-state index is 12.9. The first-order valence-corrected chi connectivity index (χ1v) is 6.74. The second-order valence-electron chi connectivity index (χ2n) is 4.41. The van der Waals surface area contributed by atoms with Gasteiger partial charge in [-0.15, -0.1) is 0 Å². The number of alkyl halides is 3. The van der Waals surface area contributed by atoms with Crippen LogP contribution in [0.2, 0.25) is 5.02 Å². The van der Waals surface area contributed by atoms with Gasteiger partial charge in [0.05, 0.1) is 11.3 Å². The maximum absolute atomic E-state index is 12.9. The highest BCUT2D eigenvalue weighted by molar-refractivity contribution is 6.31. The quantitative estimate of drug-likeness (QED) is 0.535. The summed E-state index contributed by atoms with van der Waals surface area (Å²) in [7, 11) is 0. The van der Waals surface area contributed by atoms with Gasteiger partial charge >= 0.3 is 6.18 Å². The fraction of sp³-hybridized carbons (Fsp3) is 0.500. The summed E-state index contributed by atoms with van der Waals surface area (Å²) >= 11 is 5.77. The molecule has 0 heterocycles. The van der Waals surface area contributed by atoms with Crippen LogP contribution in [0.1, 0.15) is 44.7 Å². The molecule has 0 atom stereocenters. The van der Waals surface area contributed by atoms with Crippen molar-refractivity contribution in [3.8, 4) is 0 Å². The minimum atomic E-state index is -4.45. The Balaban J connectivity index is 3.11. The molecule has 0 saturated carbocycles. The molecule has 2 nitrogen and oxygen atoms in total. The third-order valence-electron chi connectivity index (χ3n) is 2.93.